The van der Waals surface area contributed by atoms with Gasteiger partial charge in [0, 0.05) is 32.2 Å². The second kappa shape index (κ2) is 6.32. The highest BCUT2D eigenvalue weighted by Crippen LogP contribution is 2.26. The Kier molecular flexibility index (Phi) is 5.00. The summed E-state index contributed by atoms with van der Waals surface area (Å²) in [6.07, 6.45) is 5.56. The molecule has 0 aliphatic carbocycles. The van der Waals surface area contributed by atoms with Crippen LogP contribution in [0.15, 0.2) is 0 Å². The largest absolute Gasteiger partial charge is 0.314 e. The Balaban J connectivity index is 1.65. The normalized spacial score (nSPS) is 30.1. The summed E-state index contributed by atoms with van der Waals surface area (Å²) >= 11 is 0. The summed E-state index contributed by atoms with van der Waals surface area (Å²) in [7, 11) is -3.26. The highest BCUT2D eigenvalue weighted by molar-refractivity contribution is 7.85. The van der Waals surface area contributed by atoms with Crippen LogP contribution in [0.2, 0.25) is 0 Å². The van der Waals surface area contributed by atoms with Crippen LogP contribution in [-0.2, 0) is 14.3 Å². The molecule has 2 aliphatic rings. The van der Waals surface area contributed by atoms with E-state index in [-0.39, 0.29) is 0 Å². The van der Waals surface area contributed by atoms with E-state index in [1.54, 1.807) is 0 Å². The molecule has 2 aliphatic heterocycles. The quantitative estimate of drug-likeness (QED) is 0.583. The van der Waals surface area contributed by atoms with E-state index in [4.69, 9.17) is 4.18 Å². The monoisotopic (exact) mass is 276 g/mol. The lowest BCUT2D eigenvalue weighted by atomic mass is 9.88. The first-order chi connectivity index (χ1) is 8.54. The lowest BCUT2D eigenvalue weighted by molar-refractivity contribution is 0.0801. The molecule has 0 aromatic rings. The van der Waals surface area contributed by atoms with Crippen molar-refractivity contribution in [3.8, 4) is 0 Å². The minimum Gasteiger partial charge on any atom is -0.314 e. The predicted molar refractivity (Wildman–Crippen MR) is 71.0 cm³/mol. The molecule has 0 aromatic heterocycles. The van der Waals surface area contributed by atoms with Crippen LogP contribution in [-0.4, -0.2) is 58.4 Å². The van der Waals surface area contributed by atoms with Gasteiger partial charge in [0.1, 0.15) is 0 Å². The van der Waals surface area contributed by atoms with Gasteiger partial charge in [0.15, 0.2) is 0 Å². The molecule has 0 radical (unpaired) electrons. The molecule has 2 rings (SSSR count). The summed E-state index contributed by atoms with van der Waals surface area (Å²) in [5.41, 5.74) is 0. The first-order valence-corrected chi connectivity index (χ1v) is 8.65. The van der Waals surface area contributed by atoms with Gasteiger partial charge in [-0.05, 0) is 31.6 Å². The molecule has 18 heavy (non-hydrogen) atoms. The SMILES string of the molecule is CS(=O)(=O)OCCCC1CCC2CNCCN2C1. The standard InChI is InChI=1S/C12H24N2O3S/c1-18(15,16)17-8-2-3-11-4-5-12-9-13-6-7-14(12)10-11/h11-13H,2-10H2,1H3. The molecule has 0 spiro atoms. The molecule has 1 N–H and O–H groups in total. The van der Waals surface area contributed by atoms with Gasteiger partial charge in [-0.15, -0.1) is 0 Å². The van der Waals surface area contributed by atoms with Crippen LogP contribution in [0.4, 0.5) is 0 Å². The Morgan fingerprint density at radius 3 is 3.00 bits per heavy atom. The zero-order chi connectivity index (χ0) is 13.0. The molecule has 0 saturated carbocycles. The maximum atomic E-state index is 10.8. The molecular weight excluding hydrogens is 252 g/mol. The second-order valence-corrected chi connectivity index (χ2v) is 7.11. The fourth-order valence-electron chi connectivity index (χ4n) is 3.00. The molecule has 5 nitrogen and oxygen atoms in total. The average molecular weight is 276 g/mol. The highest BCUT2D eigenvalue weighted by atomic mass is 32.2. The predicted octanol–water partition coefficient (Wildman–Crippen LogP) is 0.427. The van der Waals surface area contributed by atoms with Gasteiger partial charge in [0.05, 0.1) is 12.9 Å². The molecule has 0 bridgehead atoms. The maximum absolute atomic E-state index is 10.8. The second-order valence-electron chi connectivity index (χ2n) is 5.46. The minimum atomic E-state index is -3.26. The van der Waals surface area contributed by atoms with Crippen LogP contribution in [0.5, 0.6) is 0 Å². The third-order valence-corrected chi connectivity index (χ3v) is 4.52. The third-order valence-electron chi connectivity index (χ3n) is 3.93. The van der Waals surface area contributed by atoms with Crippen molar-refractivity contribution in [2.75, 3.05) is 39.0 Å². The number of nitrogens with zero attached hydrogens (tertiary/aromatic N) is 1. The van der Waals surface area contributed by atoms with Gasteiger partial charge in [-0.1, -0.05) is 0 Å². The topological polar surface area (TPSA) is 58.6 Å². The van der Waals surface area contributed by atoms with Crippen LogP contribution >= 0.6 is 0 Å². The lowest BCUT2D eigenvalue weighted by Crippen LogP contribution is -2.54. The third kappa shape index (κ3) is 4.50. The van der Waals surface area contributed by atoms with Crippen molar-refractivity contribution < 1.29 is 12.6 Å². The van der Waals surface area contributed by atoms with E-state index in [0.29, 0.717) is 12.5 Å². The molecule has 2 atom stereocenters. The number of nitrogens with one attached hydrogen (secondary N) is 1. The first kappa shape index (κ1) is 14.2. The van der Waals surface area contributed by atoms with E-state index in [9.17, 15) is 8.42 Å². The van der Waals surface area contributed by atoms with Crippen molar-refractivity contribution in [1.82, 2.24) is 10.2 Å². The van der Waals surface area contributed by atoms with Crippen LogP contribution in [0.1, 0.15) is 25.7 Å². The van der Waals surface area contributed by atoms with Crippen molar-refractivity contribution in [2.45, 2.75) is 31.7 Å². The summed E-state index contributed by atoms with van der Waals surface area (Å²) in [6, 6.07) is 0.724. The fraction of sp³-hybridized carbons (Fsp3) is 1.00. The van der Waals surface area contributed by atoms with Gasteiger partial charge in [-0.3, -0.25) is 9.08 Å². The molecule has 2 saturated heterocycles. The van der Waals surface area contributed by atoms with Gasteiger partial charge in [-0.2, -0.15) is 8.42 Å². The Hall–Kier alpha value is -0.170. The van der Waals surface area contributed by atoms with Crippen molar-refractivity contribution in [2.24, 2.45) is 5.92 Å². The van der Waals surface area contributed by atoms with Crippen LogP contribution in [0.3, 0.4) is 0 Å². The molecular formula is C12H24N2O3S. The Morgan fingerprint density at radius 2 is 2.22 bits per heavy atom. The van der Waals surface area contributed by atoms with Crippen LogP contribution < -0.4 is 5.32 Å². The van der Waals surface area contributed by atoms with Crippen molar-refractivity contribution in [3.05, 3.63) is 0 Å². The lowest BCUT2D eigenvalue weighted by Gasteiger charge is -2.43. The summed E-state index contributed by atoms with van der Waals surface area (Å²) in [5, 5.41) is 3.44. The Morgan fingerprint density at radius 1 is 1.39 bits per heavy atom. The van der Waals surface area contributed by atoms with Crippen LogP contribution in [0.25, 0.3) is 0 Å². The molecule has 6 heteroatoms. The summed E-state index contributed by atoms with van der Waals surface area (Å²) in [5.74, 6) is 0.711. The van der Waals surface area contributed by atoms with Gasteiger partial charge in [0.2, 0.25) is 0 Å². The van der Waals surface area contributed by atoms with Gasteiger partial charge in [0.25, 0.3) is 10.1 Å². The van der Waals surface area contributed by atoms with E-state index < -0.39 is 10.1 Å². The fourth-order valence-corrected chi connectivity index (χ4v) is 3.42. The van der Waals surface area contributed by atoms with E-state index in [1.165, 1.54) is 19.4 Å². The van der Waals surface area contributed by atoms with Gasteiger partial charge >= 0.3 is 0 Å². The molecule has 0 amide bonds. The number of piperidine rings is 1. The van der Waals surface area contributed by atoms with E-state index >= 15 is 0 Å². The minimum absolute atomic E-state index is 0.334. The summed E-state index contributed by atoms with van der Waals surface area (Å²) in [6.45, 7) is 4.89. The van der Waals surface area contributed by atoms with Gasteiger partial charge < -0.3 is 5.32 Å². The van der Waals surface area contributed by atoms with Gasteiger partial charge in [-0.25, -0.2) is 0 Å². The van der Waals surface area contributed by atoms with Crippen molar-refractivity contribution in [1.29, 1.82) is 0 Å². The first-order valence-electron chi connectivity index (χ1n) is 6.84. The zero-order valence-electron chi connectivity index (χ0n) is 11.1. The molecule has 2 fully saturated rings. The molecule has 2 unspecified atom stereocenters. The Bertz CT molecular complexity index is 358. The number of hydrogen-bond acceptors (Lipinski definition) is 5. The van der Waals surface area contributed by atoms with Crippen molar-refractivity contribution in [3.63, 3.8) is 0 Å². The van der Waals surface area contributed by atoms with Crippen LogP contribution in [0, 0.1) is 5.92 Å². The highest BCUT2D eigenvalue weighted by Gasteiger charge is 2.29. The van der Waals surface area contributed by atoms with E-state index in [2.05, 4.69) is 10.2 Å². The number of fused-ring (bicyclic) bond motifs is 1. The smallest absolute Gasteiger partial charge is 0.264 e. The number of piperazine rings is 1. The zero-order valence-corrected chi connectivity index (χ0v) is 11.9. The maximum Gasteiger partial charge on any atom is 0.264 e. The van der Waals surface area contributed by atoms with E-state index in [1.807, 2.05) is 0 Å². The molecule has 0 aromatic carbocycles. The molecule has 2 heterocycles. The summed E-state index contributed by atoms with van der Waals surface area (Å²) in [4.78, 5) is 2.59. The Labute approximate surface area is 110 Å². The average Bonchev–Trinajstić information content (AvgIpc) is 2.33. The number of rotatable bonds is 5. The van der Waals surface area contributed by atoms with E-state index in [0.717, 1.165) is 44.8 Å². The summed E-state index contributed by atoms with van der Waals surface area (Å²) < 4.78 is 26.4. The molecule has 106 valence electrons. The number of hydrogen-bond donors (Lipinski definition) is 1. The van der Waals surface area contributed by atoms with Crippen molar-refractivity contribution >= 4 is 10.1 Å².